The summed E-state index contributed by atoms with van der Waals surface area (Å²) in [4.78, 5) is 24.9. The highest BCUT2D eigenvalue weighted by molar-refractivity contribution is 9.10. The van der Waals surface area contributed by atoms with E-state index >= 15 is 0 Å². The zero-order valence-electron chi connectivity index (χ0n) is 23.1. The van der Waals surface area contributed by atoms with E-state index in [0.29, 0.717) is 36.7 Å². The number of halogens is 1. The first-order chi connectivity index (χ1) is 19.1. The van der Waals surface area contributed by atoms with Crippen molar-refractivity contribution in [3.05, 3.63) is 81.7 Å². The number of benzene rings is 2. The van der Waals surface area contributed by atoms with Gasteiger partial charge in [-0.1, -0.05) is 32.9 Å². The molecule has 1 N–H and O–H groups in total. The van der Waals surface area contributed by atoms with E-state index in [1.807, 2.05) is 24.3 Å². The molecular weight excluding hydrogens is 576 g/mol. The van der Waals surface area contributed by atoms with E-state index in [-0.39, 0.29) is 29.7 Å². The summed E-state index contributed by atoms with van der Waals surface area (Å²) in [6, 6.07) is 16.2. The first-order valence-electron chi connectivity index (χ1n) is 12.9. The highest BCUT2D eigenvalue weighted by atomic mass is 79.9. The number of ether oxygens (including phenoxy) is 3. The Morgan fingerprint density at radius 1 is 1.07 bits per heavy atom. The van der Waals surface area contributed by atoms with Gasteiger partial charge in [-0.25, -0.2) is 0 Å². The standard InChI is InChI=1S/C31H33BrN2O6/c1-5-37-28-17-21(16-22(19-33)30(36)34-20-24-8-6-14-38-24)10-12-27(28)40-29(35)9-7-15-39-26-13-11-23(18-25(26)32)31(2,3)4/h6,8,10-14,16-18H,5,7,9,15,20H2,1-4H3,(H,34,36)/b22-16+. The summed E-state index contributed by atoms with van der Waals surface area (Å²) >= 11 is 3.56. The summed E-state index contributed by atoms with van der Waals surface area (Å²) in [5.41, 5.74) is 1.69. The lowest BCUT2D eigenvalue weighted by Gasteiger charge is -2.20. The molecule has 9 heteroatoms. The second kappa shape index (κ2) is 14.4. The Morgan fingerprint density at radius 3 is 2.50 bits per heavy atom. The molecule has 0 unspecified atom stereocenters. The van der Waals surface area contributed by atoms with E-state index in [1.54, 1.807) is 37.3 Å². The summed E-state index contributed by atoms with van der Waals surface area (Å²) in [6.07, 6.45) is 3.57. The van der Waals surface area contributed by atoms with E-state index in [4.69, 9.17) is 18.6 Å². The fraction of sp³-hybridized carbons (Fsp3) is 0.323. The lowest BCUT2D eigenvalue weighted by molar-refractivity contribution is -0.134. The number of carbonyl (C=O) groups is 2. The van der Waals surface area contributed by atoms with Gasteiger partial charge in [0.1, 0.15) is 23.2 Å². The van der Waals surface area contributed by atoms with E-state index in [2.05, 4.69) is 42.0 Å². The Bertz CT molecular complexity index is 1380. The van der Waals surface area contributed by atoms with Crippen LogP contribution >= 0.6 is 15.9 Å². The highest BCUT2D eigenvalue weighted by Gasteiger charge is 2.16. The fourth-order valence-electron chi connectivity index (χ4n) is 3.61. The van der Waals surface area contributed by atoms with Gasteiger partial charge in [0, 0.05) is 6.42 Å². The van der Waals surface area contributed by atoms with Gasteiger partial charge in [0.05, 0.1) is 30.5 Å². The molecule has 210 valence electrons. The van der Waals surface area contributed by atoms with Crippen molar-refractivity contribution in [1.29, 1.82) is 5.26 Å². The van der Waals surface area contributed by atoms with Crippen LogP contribution < -0.4 is 19.5 Å². The maximum Gasteiger partial charge on any atom is 0.311 e. The third-order valence-corrected chi connectivity index (χ3v) is 6.37. The topological polar surface area (TPSA) is 111 Å². The van der Waals surface area contributed by atoms with Crippen molar-refractivity contribution in [3.8, 4) is 23.3 Å². The molecule has 0 saturated carbocycles. The van der Waals surface area contributed by atoms with Gasteiger partial charge in [-0.3, -0.25) is 9.59 Å². The largest absolute Gasteiger partial charge is 0.492 e. The number of nitriles is 1. The van der Waals surface area contributed by atoms with Crippen LogP contribution in [0.1, 0.15) is 57.4 Å². The molecule has 3 rings (SSSR count). The third-order valence-electron chi connectivity index (χ3n) is 5.75. The molecule has 1 heterocycles. The summed E-state index contributed by atoms with van der Waals surface area (Å²) in [6.45, 7) is 9.10. The monoisotopic (exact) mass is 608 g/mol. The summed E-state index contributed by atoms with van der Waals surface area (Å²) in [7, 11) is 0. The van der Waals surface area contributed by atoms with Crippen molar-refractivity contribution in [2.45, 2.75) is 52.5 Å². The van der Waals surface area contributed by atoms with Crippen molar-refractivity contribution in [2.24, 2.45) is 0 Å². The Hall–Kier alpha value is -4.03. The first kappa shape index (κ1) is 30.5. The van der Waals surface area contributed by atoms with E-state index in [0.717, 1.165) is 10.2 Å². The minimum absolute atomic E-state index is 0.0347. The SMILES string of the molecule is CCOc1cc(/C=C(\C#N)C(=O)NCc2ccco2)ccc1OC(=O)CCCOc1ccc(C(C)(C)C)cc1Br. The van der Waals surface area contributed by atoms with Crippen molar-refractivity contribution >= 4 is 33.9 Å². The second-order valence-electron chi connectivity index (χ2n) is 9.89. The molecule has 0 aliphatic rings. The van der Waals surface area contributed by atoms with Crippen LogP contribution in [0, 0.1) is 11.3 Å². The Balaban J connectivity index is 1.56. The molecule has 0 saturated heterocycles. The van der Waals surface area contributed by atoms with Crippen LogP contribution in [0.2, 0.25) is 0 Å². The smallest absolute Gasteiger partial charge is 0.311 e. The molecule has 0 aliphatic carbocycles. The number of nitrogens with zero attached hydrogens (tertiary/aromatic N) is 1. The molecule has 0 radical (unpaired) electrons. The quantitative estimate of drug-likeness (QED) is 0.0798. The van der Waals surface area contributed by atoms with E-state index < -0.39 is 11.9 Å². The van der Waals surface area contributed by atoms with Crippen molar-refractivity contribution in [3.63, 3.8) is 0 Å². The minimum atomic E-state index is -0.535. The maximum atomic E-state index is 12.5. The molecule has 1 aromatic heterocycles. The zero-order valence-corrected chi connectivity index (χ0v) is 24.7. The number of amides is 1. The summed E-state index contributed by atoms with van der Waals surface area (Å²) < 4.78 is 23.1. The molecule has 0 aliphatic heterocycles. The molecule has 3 aromatic rings. The molecule has 0 bridgehead atoms. The molecule has 0 atom stereocenters. The Labute approximate surface area is 243 Å². The van der Waals surface area contributed by atoms with Crippen LogP contribution in [0.25, 0.3) is 6.08 Å². The van der Waals surface area contributed by atoms with Crippen LogP contribution in [0.15, 0.2) is 69.3 Å². The molecular formula is C31H33BrN2O6. The zero-order chi connectivity index (χ0) is 29.1. The predicted molar refractivity (Wildman–Crippen MR) is 155 cm³/mol. The van der Waals surface area contributed by atoms with Gasteiger partial charge in [-0.2, -0.15) is 5.26 Å². The number of nitrogens with one attached hydrogen (secondary N) is 1. The molecule has 40 heavy (non-hydrogen) atoms. The normalized spacial score (nSPS) is 11.4. The number of furan rings is 1. The first-order valence-corrected chi connectivity index (χ1v) is 13.7. The van der Waals surface area contributed by atoms with Gasteiger partial charge < -0.3 is 23.9 Å². The molecule has 8 nitrogen and oxygen atoms in total. The minimum Gasteiger partial charge on any atom is -0.492 e. The molecule has 0 fully saturated rings. The average molecular weight is 610 g/mol. The molecule has 1 amide bonds. The fourth-order valence-corrected chi connectivity index (χ4v) is 4.11. The van der Waals surface area contributed by atoms with Crippen LogP contribution in [-0.4, -0.2) is 25.1 Å². The van der Waals surface area contributed by atoms with Crippen LogP contribution in [0.3, 0.4) is 0 Å². The number of carbonyl (C=O) groups excluding carboxylic acids is 2. The maximum absolute atomic E-state index is 12.5. The average Bonchev–Trinajstić information content (AvgIpc) is 3.44. The molecule has 0 spiro atoms. The van der Waals surface area contributed by atoms with Crippen molar-refractivity contribution in [2.75, 3.05) is 13.2 Å². The number of rotatable bonds is 12. The van der Waals surface area contributed by atoms with Gasteiger partial charge in [0.25, 0.3) is 5.91 Å². The Kier molecular flexibility index (Phi) is 11.0. The van der Waals surface area contributed by atoms with Gasteiger partial charge >= 0.3 is 5.97 Å². The number of hydrogen-bond acceptors (Lipinski definition) is 7. The lowest BCUT2D eigenvalue weighted by Crippen LogP contribution is -2.23. The number of hydrogen-bond donors (Lipinski definition) is 1. The second-order valence-corrected chi connectivity index (χ2v) is 10.7. The van der Waals surface area contributed by atoms with E-state index in [9.17, 15) is 14.9 Å². The van der Waals surface area contributed by atoms with E-state index in [1.165, 1.54) is 17.9 Å². The number of esters is 1. The third kappa shape index (κ3) is 9.02. The summed E-state index contributed by atoms with van der Waals surface area (Å²) in [5.74, 6) is 0.916. The lowest BCUT2D eigenvalue weighted by atomic mass is 9.87. The predicted octanol–water partition coefficient (Wildman–Crippen LogP) is 6.73. The van der Waals surface area contributed by atoms with Crippen molar-refractivity contribution < 1.29 is 28.2 Å². The van der Waals surface area contributed by atoms with Crippen molar-refractivity contribution in [1.82, 2.24) is 5.32 Å². The van der Waals surface area contributed by atoms with Crippen LogP contribution in [0.5, 0.6) is 17.2 Å². The van der Waals surface area contributed by atoms with Gasteiger partial charge in [0.15, 0.2) is 11.5 Å². The molecule has 2 aromatic carbocycles. The van der Waals surface area contributed by atoms with Gasteiger partial charge in [0.2, 0.25) is 0 Å². The van der Waals surface area contributed by atoms with Crippen LogP contribution in [-0.2, 0) is 21.5 Å². The Morgan fingerprint density at radius 2 is 1.85 bits per heavy atom. The van der Waals surface area contributed by atoms with Gasteiger partial charge in [-0.05, 0) is 88.3 Å². The highest BCUT2D eigenvalue weighted by Crippen LogP contribution is 2.32. The summed E-state index contributed by atoms with van der Waals surface area (Å²) in [5, 5.41) is 12.1. The van der Waals surface area contributed by atoms with Crippen LogP contribution in [0.4, 0.5) is 0 Å². The van der Waals surface area contributed by atoms with Gasteiger partial charge in [-0.15, -0.1) is 0 Å².